The van der Waals surface area contributed by atoms with Gasteiger partial charge < -0.3 is 24.5 Å². The molecule has 1 aromatic carbocycles. The molecule has 1 amide bonds. The quantitative estimate of drug-likeness (QED) is 0.323. The molecule has 1 aromatic heterocycles. The number of esters is 2. The van der Waals surface area contributed by atoms with Gasteiger partial charge in [0.15, 0.2) is 0 Å². The van der Waals surface area contributed by atoms with Crippen molar-refractivity contribution in [2.45, 2.75) is 44.9 Å². The Morgan fingerprint density at radius 1 is 1.29 bits per heavy atom. The Balaban J connectivity index is 1.71. The topological polar surface area (TPSA) is 119 Å². The summed E-state index contributed by atoms with van der Waals surface area (Å²) in [4.78, 5) is 40.1. The van der Waals surface area contributed by atoms with E-state index in [2.05, 4.69) is 36.0 Å². The number of aromatic nitrogens is 1. The van der Waals surface area contributed by atoms with Crippen LogP contribution in [0.5, 0.6) is 0 Å². The van der Waals surface area contributed by atoms with Crippen LogP contribution in [0.3, 0.4) is 0 Å². The first-order valence-corrected chi connectivity index (χ1v) is 11.4. The van der Waals surface area contributed by atoms with Crippen molar-refractivity contribution in [1.82, 2.24) is 10.3 Å². The summed E-state index contributed by atoms with van der Waals surface area (Å²) in [5.74, 6) is -2.80. The Kier molecular flexibility index (Phi) is 6.74. The number of hydrogen-bond acceptors (Lipinski definition) is 7. The summed E-state index contributed by atoms with van der Waals surface area (Å²) < 4.78 is 16.6. The van der Waals surface area contributed by atoms with Crippen LogP contribution in [0.15, 0.2) is 43.0 Å². The van der Waals surface area contributed by atoms with Gasteiger partial charge in [0.25, 0.3) is 5.79 Å². The first kappa shape index (κ1) is 23.6. The summed E-state index contributed by atoms with van der Waals surface area (Å²) in [6.07, 6.45) is 4.84. The van der Waals surface area contributed by atoms with Crippen LogP contribution in [0.2, 0.25) is 0 Å². The molecule has 0 bridgehead atoms. The molecule has 0 radical (unpaired) electrons. The van der Waals surface area contributed by atoms with E-state index in [0.717, 1.165) is 28.6 Å². The predicted octanol–water partition coefficient (Wildman–Crippen LogP) is 3.66. The Morgan fingerprint density at radius 2 is 2.03 bits per heavy atom. The minimum Gasteiger partial charge on any atom is -0.449 e. The molecule has 9 heteroatoms. The molecule has 0 saturated heterocycles. The van der Waals surface area contributed by atoms with Gasteiger partial charge in [-0.15, -0.1) is 6.58 Å². The van der Waals surface area contributed by atoms with E-state index >= 15 is 0 Å². The van der Waals surface area contributed by atoms with Crippen molar-refractivity contribution in [2.75, 3.05) is 18.5 Å². The Labute approximate surface area is 197 Å². The van der Waals surface area contributed by atoms with E-state index in [1.165, 1.54) is 0 Å². The smallest absolute Gasteiger partial charge is 0.411 e. The van der Waals surface area contributed by atoms with Gasteiger partial charge in [-0.1, -0.05) is 19.9 Å². The zero-order valence-corrected chi connectivity index (χ0v) is 19.3. The van der Waals surface area contributed by atoms with E-state index in [9.17, 15) is 14.4 Å². The van der Waals surface area contributed by atoms with Crippen LogP contribution >= 0.6 is 0 Å². The van der Waals surface area contributed by atoms with Gasteiger partial charge in [-0.25, -0.2) is 14.4 Å². The van der Waals surface area contributed by atoms with Crippen molar-refractivity contribution >= 4 is 34.6 Å². The Hall–Kier alpha value is -3.59. The molecule has 2 aliphatic rings. The number of H-pyrrole nitrogens is 1. The third kappa shape index (κ3) is 4.99. The number of anilines is 1. The fourth-order valence-electron chi connectivity index (χ4n) is 4.38. The summed E-state index contributed by atoms with van der Waals surface area (Å²) in [5, 5.41) is 7.00. The lowest BCUT2D eigenvalue weighted by Gasteiger charge is -2.38. The molecule has 2 aromatic rings. The molecule has 1 spiro atoms. The lowest BCUT2D eigenvalue weighted by Crippen LogP contribution is -2.44. The number of carbonyl (C=O) groups excluding carboxylic acids is 3. The van der Waals surface area contributed by atoms with Crippen molar-refractivity contribution in [3.8, 4) is 0 Å². The van der Waals surface area contributed by atoms with E-state index in [4.69, 9.17) is 14.2 Å². The van der Waals surface area contributed by atoms with Gasteiger partial charge in [0, 0.05) is 41.2 Å². The highest BCUT2D eigenvalue weighted by molar-refractivity contribution is 5.95. The van der Waals surface area contributed by atoms with Crippen molar-refractivity contribution in [3.63, 3.8) is 0 Å². The molecular formula is C25H29N3O6. The second kappa shape index (κ2) is 9.72. The fourth-order valence-corrected chi connectivity index (χ4v) is 4.38. The van der Waals surface area contributed by atoms with E-state index in [-0.39, 0.29) is 18.6 Å². The lowest BCUT2D eigenvalue weighted by atomic mass is 9.82. The molecule has 1 aliphatic heterocycles. The SMILES string of the molecule is C=CCCOC(=O)Nc1ccc2[nH]c3c(c2c1)CC(CNC(C)C)CC31OC(=O)C=CC(=O)O1. The van der Waals surface area contributed by atoms with E-state index in [1.54, 1.807) is 12.1 Å². The Morgan fingerprint density at radius 3 is 2.71 bits per heavy atom. The van der Waals surface area contributed by atoms with Crippen molar-refractivity contribution in [3.05, 3.63) is 54.3 Å². The monoisotopic (exact) mass is 467 g/mol. The highest BCUT2D eigenvalue weighted by atomic mass is 16.7. The highest BCUT2D eigenvalue weighted by Crippen LogP contribution is 2.45. The first-order valence-electron chi connectivity index (χ1n) is 11.4. The van der Waals surface area contributed by atoms with Crippen LogP contribution in [0.1, 0.15) is 37.9 Å². The molecule has 9 nitrogen and oxygen atoms in total. The molecular weight excluding hydrogens is 438 g/mol. The number of nitrogens with one attached hydrogen (secondary N) is 3. The van der Waals surface area contributed by atoms with Gasteiger partial charge in [-0.05, 0) is 49.1 Å². The maximum absolute atomic E-state index is 12.3. The first-order chi connectivity index (χ1) is 16.3. The van der Waals surface area contributed by atoms with Gasteiger partial charge in [-0.2, -0.15) is 0 Å². The second-order valence-corrected chi connectivity index (χ2v) is 8.84. The number of fused-ring (bicyclic) bond motifs is 4. The molecule has 1 aliphatic carbocycles. The van der Waals surface area contributed by atoms with Gasteiger partial charge in [0.05, 0.1) is 6.61 Å². The van der Waals surface area contributed by atoms with E-state index < -0.39 is 23.8 Å². The van der Waals surface area contributed by atoms with Crippen LogP contribution in [-0.2, 0) is 36.0 Å². The van der Waals surface area contributed by atoms with Gasteiger partial charge >= 0.3 is 18.0 Å². The van der Waals surface area contributed by atoms with Gasteiger partial charge in [-0.3, -0.25) is 5.32 Å². The maximum atomic E-state index is 12.3. The van der Waals surface area contributed by atoms with E-state index in [0.29, 0.717) is 37.2 Å². The average molecular weight is 468 g/mol. The molecule has 3 N–H and O–H groups in total. The number of carbonyl (C=O) groups is 3. The minimum atomic E-state index is -1.55. The van der Waals surface area contributed by atoms with Crippen LogP contribution in [0, 0.1) is 5.92 Å². The summed E-state index contributed by atoms with van der Waals surface area (Å²) in [6.45, 7) is 8.61. The summed E-state index contributed by atoms with van der Waals surface area (Å²) in [6, 6.07) is 5.67. The summed E-state index contributed by atoms with van der Waals surface area (Å²) in [5.41, 5.74) is 2.75. The standard InChI is InChI=1S/C25H29N3O6/c1-4-5-10-32-24(31)27-17-6-7-20-18(12-17)19-11-16(14-26-15(2)3)13-25(23(19)28-20)33-21(29)8-9-22(30)34-25/h4,6-9,12,15-16,26,28H,1,5,10-11,13-14H2,2-3H3,(H,27,31). The third-order valence-corrected chi connectivity index (χ3v) is 5.84. The van der Waals surface area contributed by atoms with Crippen molar-refractivity contribution < 1.29 is 28.6 Å². The number of hydrogen-bond donors (Lipinski definition) is 3. The normalized spacial score (nSPS) is 18.9. The number of amides is 1. The number of rotatable bonds is 7. The average Bonchev–Trinajstić information content (AvgIpc) is 3.08. The van der Waals surface area contributed by atoms with Crippen LogP contribution < -0.4 is 10.6 Å². The number of aromatic amines is 1. The third-order valence-electron chi connectivity index (χ3n) is 5.84. The molecule has 180 valence electrons. The Bertz CT molecular complexity index is 1130. The fraction of sp³-hybridized carbons (Fsp3) is 0.400. The molecule has 2 heterocycles. The second-order valence-electron chi connectivity index (χ2n) is 8.84. The molecule has 4 rings (SSSR count). The minimum absolute atomic E-state index is 0.0353. The van der Waals surface area contributed by atoms with E-state index in [1.807, 2.05) is 12.1 Å². The number of benzene rings is 1. The zero-order chi connectivity index (χ0) is 24.3. The maximum Gasteiger partial charge on any atom is 0.411 e. The molecule has 1 unspecified atom stereocenters. The molecule has 0 saturated carbocycles. The van der Waals surface area contributed by atoms with Crippen molar-refractivity contribution in [1.29, 1.82) is 0 Å². The lowest BCUT2D eigenvalue weighted by molar-refractivity contribution is -0.236. The van der Waals surface area contributed by atoms with Gasteiger partial charge in [0.2, 0.25) is 0 Å². The molecule has 1 atom stereocenters. The molecule has 0 fully saturated rings. The van der Waals surface area contributed by atoms with Crippen LogP contribution in [0.4, 0.5) is 10.5 Å². The summed E-state index contributed by atoms with van der Waals surface area (Å²) in [7, 11) is 0. The van der Waals surface area contributed by atoms with Crippen LogP contribution in [0.25, 0.3) is 10.9 Å². The number of ether oxygens (including phenoxy) is 3. The highest BCUT2D eigenvalue weighted by Gasteiger charge is 2.49. The summed E-state index contributed by atoms with van der Waals surface area (Å²) >= 11 is 0. The van der Waals surface area contributed by atoms with Gasteiger partial charge in [0.1, 0.15) is 5.69 Å². The van der Waals surface area contributed by atoms with Crippen molar-refractivity contribution in [2.24, 2.45) is 5.92 Å². The molecule has 34 heavy (non-hydrogen) atoms. The largest absolute Gasteiger partial charge is 0.449 e. The predicted molar refractivity (Wildman–Crippen MR) is 126 cm³/mol. The zero-order valence-electron chi connectivity index (χ0n) is 19.3. The van der Waals surface area contributed by atoms with Crippen LogP contribution in [-0.4, -0.2) is 42.2 Å².